The van der Waals surface area contributed by atoms with Crippen molar-refractivity contribution in [1.82, 2.24) is 4.98 Å². The van der Waals surface area contributed by atoms with Gasteiger partial charge in [0.05, 0.1) is 6.04 Å². The predicted molar refractivity (Wildman–Crippen MR) is 92.9 cm³/mol. The number of aromatic nitrogens is 1. The van der Waals surface area contributed by atoms with Crippen LogP contribution in [0.25, 0.3) is 12.2 Å². The first kappa shape index (κ1) is 15.1. The number of nitrogens with zero attached hydrogens (tertiary/aromatic N) is 2. The van der Waals surface area contributed by atoms with Crippen LogP contribution in [0, 0.1) is 11.3 Å². The molecule has 1 atom stereocenters. The fourth-order valence-corrected chi connectivity index (χ4v) is 2.76. The molecule has 0 amide bonds. The second-order valence-electron chi connectivity index (χ2n) is 4.97. The van der Waals surface area contributed by atoms with Gasteiger partial charge in [0.25, 0.3) is 0 Å². The van der Waals surface area contributed by atoms with E-state index in [1.54, 1.807) is 17.4 Å². The van der Waals surface area contributed by atoms with Crippen molar-refractivity contribution in [1.29, 1.82) is 5.26 Å². The van der Waals surface area contributed by atoms with Gasteiger partial charge in [0.2, 0.25) is 17.5 Å². The summed E-state index contributed by atoms with van der Waals surface area (Å²) in [6, 6.07) is 16.1. The summed E-state index contributed by atoms with van der Waals surface area (Å²) in [7, 11) is 0. The summed E-state index contributed by atoms with van der Waals surface area (Å²) in [4.78, 5) is 5.31. The molecule has 114 valence electrons. The van der Waals surface area contributed by atoms with E-state index in [0.29, 0.717) is 11.8 Å². The Morgan fingerprint density at radius 1 is 1.22 bits per heavy atom. The largest absolute Gasteiger partial charge is 0.420 e. The highest BCUT2D eigenvalue weighted by Crippen LogP contribution is 2.24. The number of anilines is 1. The molecule has 1 aromatic carbocycles. The molecule has 0 bridgehead atoms. The predicted octanol–water partition coefficient (Wildman–Crippen LogP) is 4.95. The first-order valence-corrected chi connectivity index (χ1v) is 8.08. The Labute approximate surface area is 138 Å². The van der Waals surface area contributed by atoms with Crippen LogP contribution in [-0.4, -0.2) is 4.98 Å². The standard InChI is InChI=1S/C18H15N3OS/c1-13(14-6-3-2-4-7-14)20-18-16(12-19)21-17(22-18)10-9-15-8-5-11-23-15/h2-11,13,20H,1H3. The highest BCUT2D eigenvalue weighted by atomic mass is 32.1. The minimum atomic E-state index is 0.0189. The molecule has 0 saturated heterocycles. The zero-order valence-electron chi connectivity index (χ0n) is 12.6. The molecular formula is C18H15N3OS. The van der Waals surface area contributed by atoms with Crippen molar-refractivity contribution in [3.63, 3.8) is 0 Å². The lowest BCUT2D eigenvalue weighted by Gasteiger charge is -2.12. The summed E-state index contributed by atoms with van der Waals surface area (Å²) >= 11 is 1.63. The number of oxazole rings is 1. The third-order valence-corrected chi connectivity index (χ3v) is 4.17. The molecule has 5 heteroatoms. The maximum atomic E-state index is 9.23. The van der Waals surface area contributed by atoms with Crippen LogP contribution in [0.3, 0.4) is 0 Å². The van der Waals surface area contributed by atoms with Crippen molar-refractivity contribution < 1.29 is 4.42 Å². The van der Waals surface area contributed by atoms with Gasteiger partial charge >= 0.3 is 0 Å². The summed E-state index contributed by atoms with van der Waals surface area (Å²) in [6.45, 7) is 2.01. The van der Waals surface area contributed by atoms with Crippen LogP contribution < -0.4 is 5.32 Å². The van der Waals surface area contributed by atoms with Crippen LogP contribution in [0.5, 0.6) is 0 Å². The minimum Gasteiger partial charge on any atom is -0.420 e. The summed E-state index contributed by atoms with van der Waals surface area (Å²) in [6.07, 6.45) is 3.69. The lowest BCUT2D eigenvalue weighted by atomic mass is 10.1. The lowest BCUT2D eigenvalue weighted by molar-refractivity contribution is 0.552. The van der Waals surface area contributed by atoms with Crippen LogP contribution in [-0.2, 0) is 0 Å². The fraction of sp³-hybridized carbons (Fsp3) is 0.111. The highest BCUT2D eigenvalue weighted by molar-refractivity contribution is 7.10. The molecule has 0 spiro atoms. The minimum absolute atomic E-state index is 0.0189. The van der Waals surface area contributed by atoms with E-state index in [1.807, 2.05) is 60.8 Å². The maximum Gasteiger partial charge on any atom is 0.233 e. The van der Waals surface area contributed by atoms with Crippen LogP contribution in [0.15, 0.2) is 52.3 Å². The second kappa shape index (κ2) is 6.95. The smallest absolute Gasteiger partial charge is 0.233 e. The number of hydrogen-bond acceptors (Lipinski definition) is 5. The third-order valence-electron chi connectivity index (χ3n) is 3.33. The number of thiophene rings is 1. The lowest BCUT2D eigenvalue weighted by Crippen LogP contribution is -2.06. The molecule has 0 aliphatic rings. The molecule has 3 aromatic rings. The van der Waals surface area contributed by atoms with Gasteiger partial charge in [0.1, 0.15) is 6.07 Å². The molecule has 0 aliphatic heterocycles. The van der Waals surface area contributed by atoms with Gasteiger partial charge in [-0.1, -0.05) is 36.4 Å². The molecule has 0 fully saturated rings. The summed E-state index contributed by atoms with van der Waals surface area (Å²) in [5, 5.41) is 14.4. The summed E-state index contributed by atoms with van der Waals surface area (Å²) in [5.41, 5.74) is 1.38. The molecule has 1 N–H and O–H groups in total. The number of nitriles is 1. The van der Waals surface area contributed by atoms with Gasteiger partial charge in [0.15, 0.2) is 0 Å². The number of benzene rings is 1. The average Bonchev–Trinajstić information content (AvgIpc) is 3.23. The van der Waals surface area contributed by atoms with Crippen molar-refractivity contribution in [3.05, 3.63) is 69.9 Å². The van der Waals surface area contributed by atoms with E-state index in [2.05, 4.69) is 16.4 Å². The normalized spacial score (nSPS) is 12.2. The molecular weight excluding hydrogens is 306 g/mol. The Hall–Kier alpha value is -2.84. The Morgan fingerprint density at radius 2 is 2.04 bits per heavy atom. The van der Waals surface area contributed by atoms with Gasteiger partial charge in [-0.05, 0) is 30.0 Å². The number of rotatable bonds is 5. The van der Waals surface area contributed by atoms with Gasteiger partial charge in [-0.25, -0.2) is 0 Å². The Balaban J connectivity index is 1.78. The quantitative estimate of drug-likeness (QED) is 0.722. The molecule has 2 aromatic heterocycles. The summed E-state index contributed by atoms with van der Waals surface area (Å²) < 4.78 is 5.67. The second-order valence-corrected chi connectivity index (χ2v) is 5.95. The Kier molecular flexibility index (Phi) is 4.55. The van der Waals surface area contributed by atoms with Crippen molar-refractivity contribution in [3.8, 4) is 6.07 Å². The van der Waals surface area contributed by atoms with E-state index in [9.17, 15) is 5.26 Å². The molecule has 1 unspecified atom stereocenters. The van der Waals surface area contributed by atoms with Gasteiger partial charge in [-0.15, -0.1) is 11.3 Å². The molecule has 4 nitrogen and oxygen atoms in total. The zero-order valence-corrected chi connectivity index (χ0v) is 13.4. The van der Waals surface area contributed by atoms with Gasteiger partial charge in [0, 0.05) is 11.0 Å². The number of hydrogen-bond donors (Lipinski definition) is 1. The van der Waals surface area contributed by atoms with E-state index in [4.69, 9.17) is 4.42 Å². The fourth-order valence-electron chi connectivity index (χ4n) is 2.14. The van der Waals surface area contributed by atoms with Gasteiger partial charge in [-0.3, -0.25) is 0 Å². The maximum absolute atomic E-state index is 9.23. The Morgan fingerprint density at radius 3 is 2.74 bits per heavy atom. The topological polar surface area (TPSA) is 61.9 Å². The monoisotopic (exact) mass is 321 g/mol. The molecule has 0 radical (unpaired) electrons. The van der Waals surface area contributed by atoms with Crippen molar-refractivity contribution in [2.75, 3.05) is 5.32 Å². The van der Waals surface area contributed by atoms with E-state index >= 15 is 0 Å². The average molecular weight is 321 g/mol. The van der Waals surface area contributed by atoms with E-state index in [0.717, 1.165) is 10.4 Å². The van der Waals surface area contributed by atoms with E-state index in [1.165, 1.54) is 0 Å². The first-order chi connectivity index (χ1) is 11.3. The SMILES string of the molecule is CC(Nc1oc(C=Cc2cccs2)nc1C#N)c1ccccc1. The number of nitrogens with one attached hydrogen (secondary N) is 1. The molecule has 2 heterocycles. The summed E-state index contributed by atoms with van der Waals surface area (Å²) in [5.74, 6) is 0.812. The van der Waals surface area contributed by atoms with Crippen LogP contribution in [0.1, 0.15) is 35.0 Å². The van der Waals surface area contributed by atoms with E-state index < -0.39 is 0 Å². The van der Waals surface area contributed by atoms with Gasteiger partial charge < -0.3 is 9.73 Å². The zero-order chi connectivity index (χ0) is 16.1. The van der Waals surface area contributed by atoms with E-state index in [-0.39, 0.29) is 11.7 Å². The molecule has 0 aliphatic carbocycles. The van der Waals surface area contributed by atoms with Gasteiger partial charge in [-0.2, -0.15) is 10.2 Å². The van der Waals surface area contributed by atoms with Crippen LogP contribution in [0.4, 0.5) is 5.88 Å². The Bertz CT molecular complexity index is 829. The highest BCUT2D eigenvalue weighted by Gasteiger charge is 2.14. The van der Waals surface area contributed by atoms with Crippen molar-refractivity contribution >= 4 is 29.4 Å². The first-order valence-electron chi connectivity index (χ1n) is 7.20. The third kappa shape index (κ3) is 3.68. The molecule has 23 heavy (non-hydrogen) atoms. The van der Waals surface area contributed by atoms with Crippen molar-refractivity contribution in [2.24, 2.45) is 0 Å². The van der Waals surface area contributed by atoms with Crippen molar-refractivity contribution in [2.45, 2.75) is 13.0 Å². The van der Waals surface area contributed by atoms with Crippen LogP contribution in [0.2, 0.25) is 0 Å². The molecule has 3 rings (SSSR count). The molecule has 0 saturated carbocycles. The van der Waals surface area contributed by atoms with Crippen LogP contribution >= 0.6 is 11.3 Å².